The molecule has 0 aliphatic rings. The second-order valence-corrected chi connectivity index (χ2v) is 25.1. The van der Waals surface area contributed by atoms with E-state index >= 15 is 0 Å². The lowest BCUT2D eigenvalue weighted by Gasteiger charge is -2.24. The maximum absolute atomic E-state index is 12.8. The normalized spacial score (nSPS) is 15.0. The molecule has 0 aromatic rings. The Balaban J connectivity index is 4.76. The van der Waals surface area contributed by atoms with Crippen molar-refractivity contribution in [1.29, 1.82) is 0 Å². The molecule has 0 rings (SSSR count). The predicted molar refractivity (Wildman–Crippen MR) is 314 cm³/mol. The van der Waals surface area contributed by atoms with Gasteiger partial charge < -0.3 is 14.2 Å². The van der Waals surface area contributed by atoms with Crippen LogP contribution in [0.4, 0.5) is 0 Å². The van der Waals surface area contributed by atoms with E-state index in [-0.39, 0.29) is 24.6 Å². The Kier molecular flexibility index (Phi) is 50.1. The SMILES string of the molecule is CCCCCCC(C/C=C/CCCCCCCCOCC(COC(=O)CCCCCCCC(C)C(C)CC(CCCCCC)OS(=O)(=O)O)OCCCCCCCC/C=C/CC(CCCCCC)OS(=O)(=O)O)OS(=O)(=O)O. The first kappa shape index (κ1) is 76.5. The molecule has 0 aliphatic heterocycles. The van der Waals surface area contributed by atoms with Crippen LogP contribution in [0.15, 0.2) is 24.3 Å². The van der Waals surface area contributed by atoms with Crippen molar-refractivity contribution in [3.63, 3.8) is 0 Å². The number of carbonyl (C=O) groups excluding carboxylic acids is 1. The second-order valence-electron chi connectivity index (χ2n) is 22.0. The first-order valence-electron chi connectivity index (χ1n) is 30.9. The molecule has 0 saturated heterocycles. The molecule has 0 bridgehead atoms. The highest BCUT2D eigenvalue weighted by Gasteiger charge is 2.23. The van der Waals surface area contributed by atoms with Gasteiger partial charge in [-0.2, -0.15) is 25.3 Å². The van der Waals surface area contributed by atoms with Gasteiger partial charge in [0.25, 0.3) is 0 Å². The van der Waals surface area contributed by atoms with Crippen molar-refractivity contribution in [2.24, 2.45) is 11.8 Å². The van der Waals surface area contributed by atoms with Crippen molar-refractivity contribution in [3.8, 4) is 0 Å². The standard InChI is InChI=1S/C59H114O16S3/c1-6-9-12-33-42-55(73-76(61,62)63)44-36-27-21-17-15-19-23-30-39-48-70-51-58(71-49-40-31-24-20-16-18-22-28-37-45-56(74-77(64,65)66)43-34-13-10-7-2)52-72-59(60)47-38-29-25-26-32-41-53(4)54(5)50-57(75-78(67,68)69)46-35-14-11-8-3/h27-28,36-37,53-58H,6-26,29-35,38-52H2,1-5H3,(H,61,62,63)(H,64,65,66)(H,67,68,69)/b36-27+,37-28+. The van der Waals surface area contributed by atoms with Gasteiger partial charge >= 0.3 is 37.2 Å². The third-order valence-electron chi connectivity index (χ3n) is 14.5. The van der Waals surface area contributed by atoms with Gasteiger partial charge in [-0.05, 0) is 95.3 Å². The Morgan fingerprint density at radius 3 is 1.27 bits per heavy atom. The smallest absolute Gasteiger partial charge is 0.397 e. The van der Waals surface area contributed by atoms with E-state index in [1.807, 2.05) is 12.2 Å². The molecule has 0 heterocycles. The Morgan fingerprint density at radius 2 is 0.795 bits per heavy atom. The van der Waals surface area contributed by atoms with Crippen molar-refractivity contribution < 1.29 is 70.5 Å². The minimum absolute atomic E-state index is 0.153. The minimum atomic E-state index is -4.49. The van der Waals surface area contributed by atoms with Crippen LogP contribution in [0.1, 0.15) is 285 Å². The van der Waals surface area contributed by atoms with Crippen molar-refractivity contribution in [2.75, 3.05) is 26.4 Å². The van der Waals surface area contributed by atoms with Crippen LogP contribution in [0.25, 0.3) is 0 Å². The molecule has 3 N–H and O–H groups in total. The average Bonchev–Trinajstić information content (AvgIpc) is 3.36. The zero-order chi connectivity index (χ0) is 58.0. The highest BCUT2D eigenvalue weighted by molar-refractivity contribution is 7.81. The molecule has 0 amide bonds. The van der Waals surface area contributed by atoms with Gasteiger partial charge in [0, 0.05) is 19.6 Å². The molecule has 0 spiro atoms. The summed E-state index contributed by atoms with van der Waals surface area (Å²) in [5, 5.41) is 0. The van der Waals surface area contributed by atoms with Crippen molar-refractivity contribution in [3.05, 3.63) is 24.3 Å². The van der Waals surface area contributed by atoms with Crippen LogP contribution in [-0.4, -0.2) is 95.7 Å². The van der Waals surface area contributed by atoms with Gasteiger partial charge in [-0.25, -0.2) is 12.5 Å². The van der Waals surface area contributed by atoms with E-state index in [1.165, 1.54) is 0 Å². The maximum atomic E-state index is 12.8. The summed E-state index contributed by atoms with van der Waals surface area (Å²) < 4.78 is 129. The van der Waals surface area contributed by atoms with Crippen LogP contribution in [0.3, 0.4) is 0 Å². The fourth-order valence-electron chi connectivity index (χ4n) is 9.57. The van der Waals surface area contributed by atoms with Crippen LogP contribution < -0.4 is 0 Å². The van der Waals surface area contributed by atoms with E-state index < -0.39 is 49.5 Å². The third-order valence-corrected chi connectivity index (χ3v) is 16.0. The summed E-state index contributed by atoms with van der Waals surface area (Å²) in [4.78, 5) is 12.8. The highest BCUT2D eigenvalue weighted by atomic mass is 32.3. The fraction of sp³-hybridized carbons (Fsp3) is 0.915. The van der Waals surface area contributed by atoms with Gasteiger partial charge in [-0.15, -0.1) is 0 Å². The molecule has 0 aliphatic carbocycles. The van der Waals surface area contributed by atoms with Gasteiger partial charge in [-0.1, -0.05) is 219 Å². The Hall–Kier alpha value is -1.52. The number of hydrogen-bond donors (Lipinski definition) is 3. The van der Waals surface area contributed by atoms with Gasteiger partial charge in [0.15, 0.2) is 0 Å². The Morgan fingerprint density at radius 1 is 0.410 bits per heavy atom. The molecule has 19 heteroatoms. The van der Waals surface area contributed by atoms with Gasteiger partial charge in [0.05, 0.1) is 24.9 Å². The van der Waals surface area contributed by atoms with Crippen molar-refractivity contribution >= 4 is 37.2 Å². The van der Waals surface area contributed by atoms with E-state index in [0.29, 0.717) is 70.7 Å². The zero-order valence-electron chi connectivity index (χ0n) is 49.6. The van der Waals surface area contributed by atoms with Crippen LogP contribution in [0.5, 0.6) is 0 Å². The number of unbranched alkanes of at least 4 members (excludes halogenated alkanes) is 25. The topological polar surface area (TPSA) is 236 Å². The summed E-state index contributed by atoms with van der Waals surface area (Å²) in [5.41, 5.74) is 0. The van der Waals surface area contributed by atoms with E-state index in [0.717, 1.165) is 205 Å². The Labute approximate surface area is 477 Å². The summed E-state index contributed by atoms with van der Waals surface area (Å²) in [6, 6.07) is 0. The van der Waals surface area contributed by atoms with E-state index in [9.17, 15) is 34.6 Å². The number of carbonyl (C=O) groups is 1. The molecule has 464 valence electrons. The average molecular weight is 1180 g/mol. The van der Waals surface area contributed by atoms with E-state index in [4.69, 9.17) is 35.9 Å². The number of ether oxygens (including phenoxy) is 3. The number of esters is 1. The van der Waals surface area contributed by atoms with Crippen LogP contribution in [0.2, 0.25) is 0 Å². The first-order chi connectivity index (χ1) is 37.3. The molecule has 6 atom stereocenters. The summed E-state index contributed by atoms with van der Waals surface area (Å²) in [5.74, 6) is 0.416. The first-order valence-corrected chi connectivity index (χ1v) is 35.0. The monoisotopic (exact) mass is 1170 g/mol. The van der Waals surface area contributed by atoms with Crippen LogP contribution >= 0.6 is 0 Å². The molecule has 6 unspecified atom stereocenters. The lowest BCUT2D eigenvalue weighted by Crippen LogP contribution is -2.28. The molecule has 0 fully saturated rings. The lowest BCUT2D eigenvalue weighted by molar-refractivity contribution is -0.150. The third kappa shape index (κ3) is 55.0. The number of hydrogen-bond acceptors (Lipinski definition) is 13. The van der Waals surface area contributed by atoms with E-state index in [2.05, 4.69) is 46.8 Å². The lowest BCUT2D eigenvalue weighted by atomic mass is 9.85. The minimum Gasteiger partial charge on any atom is -0.463 e. The summed E-state index contributed by atoms with van der Waals surface area (Å²) >= 11 is 0. The second kappa shape index (κ2) is 51.1. The zero-order valence-corrected chi connectivity index (χ0v) is 52.0. The quantitative estimate of drug-likeness (QED) is 0.0222. The van der Waals surface area contributed by atoms with Crippen molar-refractivity contribution in [1.82, 2.24) is 0 Å². The molecule has 0 saturated carbocycles. The summed E-state index contributed by atoms with van der Waals surface area (Å²) in [6.45, 7) is 12.4. The molecule has 0 aromatic carbocycles. The predicted octanol–water partition coefficient (Wildman–Crippen LogP) is 16.2. The maximum Gasteiger partial charge on any atom is 0.397 e. The fourth-order valence-corrected chi connectivity index (χ4v) is 11.1. The molecule has 78 heavy (non-hydrogen) atoms. The highest BCUT2D eigenvalue weighted by Crippen LogP contribution is 2.27. The molecule has 16 nitrogen and oxygen atoms in total. The summed E-state index contributed by atoms with van der Waals surface area (Å²) in [7, 11) is -13.4. The van der Waals surface area contributed by atoms with Crippen LogP contribution in [0, 0.1) is 11.8 Å². The number of allylic oxidation sites excluding steroid dienone is 2. The van der Waals surface area contributed by atoms with Crippen molar-refractivity contribution in [2.45, 2.75) is 309 Å². The number of rotatable bonds is 59. The largest absolute Gasteiger partial charge is 0.463 e. The Bertz CT molecular complexity index is 1780. The molecular formula is C59H114O16S3. The van der Waals surface area contributed by atoms with Gasteiger partial charge in [0.1, 0.15) is 12.7 Å². The van der Waals surface area contributed by atoms with E-state index in [1.54, 1.807) is 0 Å². The van der Waals surface area contributed by atoms with Crippen LogP contribution in [-0.2, 0) is 62.8 Å². The van der Waals surface area contributed by atoms with Gasteiger partial charge in [-0.3, -0.25) is 18.5 Å². The molecule has 0 aromatic heterocycles. The summed E-state index contributed by atoms with van der Waals surface area (Å²) in [6.07, 6.45) is 42.3. The molecular weight excluding hydrogens is 1060 g/mol. The molecule has 0 radical (unpaired) electrons. The van der Waals surface area contributed by atoms with Gasteiger partial charge in [0.2, 0.25) is 0 Å².